The van der Waals surface area contributed by atoms with Crippen molar-refractivity contribution >= 4 is 5.91 Å². The second-order valence-electron chi connectivity index (χ2n) is 4.47. The standard InChI is InChI=1S/C13H26N2O/c1-4-5-6-11-15(3)13(16)8-7-12(2)9-10-14/h4,12H,1,5-11,14H2,2-3H3. The molecule has 0 saturated carbocycles. The molecule has 0 fully saturated rings. The fourth-order valence-electron chi connectivity index (χ4n) is 1.59. The van der Waals surface area contributed by atoms with Crippen molar-refractivity contribution < 1.29 is 4.79 Å². The lowest BCUT2D eigenvalue weighted by molar-refractivity contribution is -0.130. The van der Waals surface area contributed by atoms with Crippen molar-refractivity contribution in [1.82, 2.24) is 4.90 Å². The lowest BCUT2D eigenvalue weighted by atomic mass is 10.0. The van der Waals surface area contributed by atoms with Gasteiger partial charge in [-0.15, -0.1) is 6.58 Å². The van der Waals surface area contributed by atoms with Gasteiger partial charge in [0.2, 0.25) is 5.91 Å². The molecule has 0 aliphatic carbocycles. The number of hydrogen-bond acceptors (Lipinski definition) is 2. The number of unbranched alkanes of at least 4 members (excludes halogenated alkanes) is 1. The third kappa shape index (κ3) is 7.46. The van der Waals surface area contributed by atoms with E-state index in [1.807, 2.05) is 18.0 Å². The smallest absolute Gasteiger partial charge is 0.222 e. The Morgan fingerprint density at radius 1 is 1.50 bits per heavy atom. The van der Waals surface area contributed by atoms with E-state index in [2.05, 4.69) is 13.5 Å². The normalized spacial score (nSPS) is 12.2. The number of hydrogen-bond donors (Lipinski definition) is 1. The maximum Gasteiger partial charge on any atom is 0.222 e. The van der Waals surface area contributed by atoms with Crippen LogP contribution in [0.5, 0.6) is 0 Å². The lowest BCUT2D eigenvalue weighted by Crippen LogP contribution is -2.27. The number of nitrogens with two attached hydrogens (primary N) is 1. The Labute approximate surface area is 99.7 Å². The largest absolute Gasteiger partial charge is 0.346 e. The molecule has 1 unspecified atom stereocenters. The number of allylic oxidation sites excluding steroid dienone is 1. The fraction of sp³-hybridized carbons (Fsp3) is 0.769. The van der Waals surface area contributed by atoms with E-state index in [4.69, 9.17) is 5.73 Å². The summed E-state index contributed by atoms with van der Waals surface area (Å²) in [6.45, 7) is 7.36. The molecular weight excluding hydrogens is 200 g/mol. The van der Waals surface area contributed by atoms with Gasteiger partial charge in [0.05, 0.1) is 0 Å². The minimum Gasteiger partial charge on any atom is -0.346 e. The van der Waals surface area contributed by atoms with Gasteiger partial charge < -0.3 is 10.6 Å². The Morgan fingerprint density at radius 2 is 2.19 bits per heavy atom. The van der Waals surface area contributed by atoms with Gasteiger partial charge in [-0.3, -0.25) is 4.79 Å². The minimum atomic E-state index is 0.243. The molecule has 0 spiro atoms. The van der Waals surface area contributed by atoms with Gasteiger partial charge in [-0.1, -0.05) is 13.0 Å². The molecule has 0 bridgehead atoms. The van der Waals surface area contributed by atoms with Gasteiger partial charge >= 0.3 is 0 Å². The highest BCUT2D eigenvalue weighted by molar-refractivity contribution is 5.75. The summed E-state index contributed by atoms with van der Waals surface area (Å²) in [5.74, 6) is 0.795. The van der Waals surface area contributed by atoms with Crippen molar-refractivity contribution in [2.24, 2.45) is 11.7 Å². The van der Waals surface area contributed by atoms with Crippen LogP contribution < -0.4 is 5.73 Å². The van der Waals surface area contributed by atoms with Crippen molar-refractivity contribution in [1.29, 1.82) is 0 Å². The summed E-state index contributed by atoms with van der Waals surface area (Å²) in [6.07, 6.45) is 6.47. The first-order valence-electron chi connectivity index (χ1n) is 6.16. The van der Waals surface area contributed by atoms with Crippen LogP contribution in [0.15, 0.2) is 12.7 Å². The van der Waals surface area contributed by atoms with Crippen LogP contribution in [0.1, 0.15) is 39.0 Å². The number of amides is 1. The van der Waals surface area contributed by atoms with Crippen LogP contribution in [0.2, 0.25) is 0 Å². The van der Waals surface area contributed by atoms with E-state index in [1.165, 1.54) is 0 Å². The fourth-order valence-corrected chi connectivity index (χ4v) is 1.59. The second kappa shape index (κ2) is 9.40. The number of carbonyl (C=O) groups excluding carboxylic acids is 1. The number of rotatable bonds is 9. The third-order valence-corrected chi connectivity index (χ3v) is 2.84. The van der Waals surface area contributed by atoms with Crippen LogP contribution >= 0.6 is 0 Å². The topological polar surface area (TPSA) is 46.3 Å². The molecule has 3 nitrogen and oxygen atoms in total. The minimum absolute atomic E-state index is 0.243. The molecule has 0 heterocycles. The highest BCUT2D eigenvalue weighted by atomic mass is 16.2. The Morgan fingerprint density at radius 3 is 2.75 bits per heavy atom. The van der Waals surface area contributed by atoms with Crippen LogP contribution in [-0.2, 0) is 4.79 Å². The number of nitrogens with zero attached hydrogens (tertiary/aromatic N) is 1. The molecule has 0 aliphatic heterocycles. The zero-order valence-electron chi connectivity index (χ0n) is 10.7. The van der Waals surface area contributed by atoms with E-state index in [1.54, 1.807) is 0 Å². The maximum atomic E-state index is 11.7. The zero-order chi connectivity index (χ0) is 12.4. The van der Waals surface area contributed by atoms with Crippen LogP contribution in [-0.4, -0.2) is 30.9 Å². The summed E-state index contributed by atoms with van der Waals surface area (Å²) in [6, 6.07) is 0. The van der Waals surface area contributed by atoms with Gasteiger partial charge in [0.15, 0.2) is 0 Å². The lowest BCUT2D eigenvalue weighted by Gasteiger charge is -2.18. The molecule has 0 aromatic carbocycles. The third-order valence-electron chi connectivity index (χ3n) is 2.84. The molecule has 2 N–H and O–H groups in total. The Kier molecular flexibility index (Phi) is 8.91. The van der Waals surface area contributed by atoms with Crippen LogP contribution in [0.4, 0.5) is 0 Å². The molecule has 16 heavy (non-hydrogen) atoms. The van der Waals surface area contributed by atoms with Gasteiger partial charge in [0.25, 0.3) is 0 Å². The average Bonchev–Trinajstić information content (AvgIpc) is 2.26. The molecule has 0 aliphatic rings. The first-order valence-corrected chi connectivity index (χ1v) is 6.16. The summed E-state index contributed by atoms with van der Waals surface area (Å²) in [4.78, 5) is 13.5. The first kappa shape index (κ1) is 15.2. The summed E-state index contributed by atoms with van der Waals surface area (Å²) >= 11 is 0. The SMILES string of the molecule is C=CCCCN(C)C(=O)CCC(C)CCN. The number of carbonyl (C=O) groups is 1. The van der Waals surface area contributed by atoms with Crippen molar-refractivity contribution in [3.05, 3.63) is 12.7 Å². The van der Waals surface area contributed by atoms with E-state index in [0.29, 0.717) is 18.9 Å². The Hall–Kier alpha value is -0.830. The molecule has 1 amide bonds. The van der Waals surface area contributed by atoms with Gasteiger partial charge in [-0.05, 0) is 38.1 Å². The van der Waals surface area contributed by atoms with Crippen molar-refractivity contribution in [3.63, 3.8) is 0 Å². The van der Waals surface area contributed by atoms with E-state index in [0.717, 1.165) is 32.2 Å². The highest BCUT2D eigenvalue weighted by Gasteiger charge is 2.10. The second-order valence-corrected chi connectivity index (χ2v) is 4.47. The van der Waals surface area contributed by atoms with Crippen LogP contribution in [0.25, 0.3) is 0 Å². The molecule has 0 aromatic heterocycles. The summed E-state index contributed by atoms with van der Waals surface area (Å²) in [5, 5.41) is 0. The highest BCUT2D eigenvalue weighted by Crippen LogP contribution is 2.10. The molecule has 1 atom stereocenters. The predicted molar refractivity (Wildman–Crippen MR) is 69.1 cm³/mol. The molecule has 0 aromatic rings. The Bertz CT molecular complexity index is 204. The van der Waals surface area contributed by atoms with E-state index >= 15 is 0 Å². The Balaban J connectivity index is 3.65. The maximum absolute atomic E-state index is 11.7. The summed E-state index contributed by atoms with van der Waals surface area (Å²) < 4.78 is 0. The molecular formula is C13H26N2O. The average molecular weight is 226 g/mol. The van der Waals surface area contributed by atoms with Gasteiger partial charge in [-0.25, -0.2) is 0 Å². The molecule has 0 rings (SSSR count). The molecule has 94 valence electrons. The zero-order valence-corrected chi connectivity index (χ0v) is 10.7. The van der Waals surface area contributed by atoms with E-state index in [9.17, 15) is 4.79 Å². The predicted octanol–water partition coefficient (Wildman–Crippen LogP) is 2.18. The van der Waals surface area contributed by atoms with Gasteiger partial charge in [0, 0.05) is 20.0 Å². The monoisotopic (exact) mass is 226 g/mol. The van der Waals surface area contributed by atoms with E-state index in [-0.39, 0.29) is 5.91 Å². The van der Waals surface area contributed by atoms with Gasteiger partial charge in [-0.2, -0.15) is 0 Å². The van der Waals surface area contributed by atoms with Crippen molar-refractivity contribution in [2.45, 2.75) is 39.0 Å². The summed E-state index contributed by atoms with van der Waals surface area (Å²) in [7, 11) is 1.87. The molecule has 3 heteroatoms. The van der Waals surface area contributed by atoms with Crippen molar-refractivity contribution in [2.75, 3.05) is 20.1 Å². The van der Waals surface area contributed by atoms with E-state index < -0.39 is 0 Å². The van der Waals surface area contributed by atoms with Crippen molar-refractivity contribution in [3.8, 4) is 0 Å². The summed E-state index contributed by atoms with van der Waals surface area (Å²) in [5.41, 5.74) is 5.47. The molecule has 0 radical (unpaired) electrons. The van der Waals surface area contributed by atoms with Crippen LogP contribution in [0.3, 0.4) is 0 Å². The quantitative estimate of drug-likeness (QED) is 0.484. The van der Waals surface area contributed by atoms with Gasteiger partial charge in [0.1, 0.15) is 0 Å². The van der Waals surface area contributed by atoms with Crippen LogP contribution in [0, 0.1) is 5.92 Å². The molecule has 0 saturated heterocycles. The first-order chi connectivity index (χ1) is 7.61.